The van der Waals surface area contributed by atoms with Crippen LogP contribution in [0.25, 0.3) is 0 Å². The summed E-state index contributed by atoms with van der Waals surface area (Å²) in [5, 5.41) is 28.2. The Morgan fingerprint density at radius 3 is 2.14 bits per heavy atom. The highest BCUT2D eigenvalue weighted by atomic mass is 32.2. The molecule has 22 heavy (non-hydrogen) atoms. The van der Waals surface area contributed by atoms with Gasteiger partial charge in [0.2, 0.25) is 10.0 Å². The van der Waals surface area contributed by atoms with Crippen molar-refractivity contribution in [1.29, 1.82) is 0 Å². The second kappa shape index (κ2) is 6.01. The van der Waals surface area contributed by atoms with Gasteiger partial charge in [0, 0.05) is 24.7 Å². The van der Waals surface area contributed by atoms with Crippen LogP contribution in [0.3, 0.4) is 0 Å². The summed E-state index contributed by atoms with van der Waals surface area (Å²) in [7, 11) is -3.28. The smallest absolute Gasteiger partial charge is 0.254 e. The molecule has 1 amide bonds. The van der Waals surface area contributed by atoms with Gasteiger partial charge in [-0.05, 0) is 25.0 Å². The van der Waals surface area contributed by atoms with E-state index >= 15 is 0 Å². The average Bonchev–Trinajstić information content (AvgIpc) is 2.42. The number of amides is 1. The molecule has 0 spiro atoms. The second-order valence-electron chi connectivity index (χ2n) is 5.32. The molecule has 1 aliphatic rings. The molecular weight excluding hydrogens is 312 g/mol. The zero-order valence-electron chi connectivity index (χ0n) is 12.0. The highest BCUT2D eigenvalue weighted by Crippen LogP contribution is 2.35. The van der Waals surface area contributed by atoms with Gasteiger partial charge in [-0.2, -0.15) is 0 Å². The average molecular weight is 330 g/mol. The standard InChI is InChI=1S/C13H18N2O6S/c1-22(20,21)14-9-2-4-15(5-3-9)13(19)8-6-10(16)12(18)11(17)7-8/h6-7,9,14,16-18H,2-5H2,1H3. The van der Waals surface area contributed by atoms with E-state index in [1.807, 2.05) is 0 Å². The number of likely N-dealkylation sites (tertiary alicyclic amines) is 1. The molecular formula is C13H18N2O6S. The maximum atomic E-state index is 12.3. The number of phenols is 3. The van der Waals surface area contributed by atoms with E-state index in [9.17, 15) is 28.5 Å². The first-order valence-corrected chi connectivity index (χ1v) is 8.58. The predicted octanol–water partition coefficient (Wildman–Crippen LogP) is -0.0428. The number of nitrogens with zero attached hydrogens (tertiary/aromatic N) is 1. The van der Waals surface area contributed by atoms with Crippen molar-refractivity contribution in [2.24, 2.45) is 0 Å². The monoisotopic (exact) mass is 330 g/mol. The Hall–Kier alpha value is -2.00. The molecule has 1 heterocycles. The largest absolute Gasteiger partial charge is 0.504 e. The van der Waals surface area contributed by atoms with Crippen molar-refractivity contribution in [2.45, 2.75) is 18.9 Å². The van der Waals surface area contributed by atoms with Crippen LogP contribution in [0.5, 0.6) is 17.2 Å². The molecule has 0 atom stereocenters. The Morgan fingerprint density at radius 2 is 1.68 bits per heavy atom. The van der Waals surface area contributed by atoms with Crippen molar-refractivity contribution < 1.29 is 28.5 Å². The third-order valence-corrected chi connectivity index (χ3v) is 4.24. The van der Waals surface area contributed by atoms with Gasteiger partial charge in [0.1, 0.15) is 0 Å². The van der Waals surface area contributed by atoms with E-state index in [1.165, 1.54) is 4.90 Å². The van der Waals surface area contributed by atoms with Crippen LogP contribution in [-0.4, -0.2) is 59.9 Å². The summed E-state index contributed by atoms with van der Waals surface area (Å²) in [6.07, 6.45) is 2.05. The molecule has 0 saturated carbocycles. The number of rotatable bonds is 3. The third kappa shape index (κ3) is 3.80. The lowest BCUT2D eigenvalue weighted by Crippen LogP contribution is -2.46. The Bertz CT molecular complexity index is 657. The molecule has 1 saturated heterocycles. The van der Waals surface area contributed by atoms with E-state index in [2.05, 4.69) is 4.72 Å². The summed E-state index contributed by atoms with van der Waals surface area (Å²) < 4.78 is 24.8. The van der Waals surface area contributed by atoms with E-state index in [0.29, 0.717) is 25.9 Å². The molecule has 1 aromatic carbocycles. The van der Waals surface area contributed by atoms with Crippen LogP contribution in [0.2, 0.25) is 0 Å². The van der Waals surface area contributed by atoms with Crippen molar-refractivity contribution in [2.75, 3.05) is 19.3 Å². The van der Waals surface area contributed by atoms with Crippen LogP contribution in [0.4, 0.5) is 0 Å². The van der Waals surface area contributed by atoms with Crippen LogP contribution >= 0.6 is 0 Å². The topological polar surface area (TPSA) is 127 Å². The normalized spacial score (nSPS) is 16.7. The fourth-order valence-corrected chi connectivity index (χ4v) is 3.25. The molecule has 1 aliphatic heterocycles. The Kier molecular flexibility index (Phi) is 4.47. The van der Waals surface area contributed by atoms with Gasteiger partial charge in [-0.15, -0.1) is 0 Å². The third-order valence-electron chi connectivity index (χ3n) is 3.48. The highest BCUT2D eigenvalue weighted by Gasteiger charge is 2.26. The van der Waals surface area contributed by atoms with Crippen LogP contribution in [0.1, 0.15) is 23.2 Å². The van der Waals surface area contributed by atoms with E-state index in [1.54, 1.807) is 0 Å². The molecule has 0 aromatic heterocycles. The van der Waals surface area contributed by atoms with Gasteiger partial charge in [-0.3, -0.25) is 4.79 Å². The number of hydrogen-bond acceptors (Lipinski definition) is 6. The number of benzene rings is 1. The molecule has 2 rings (SSSR count). The van der Waals surface area contributed by atoms with Gasteiger partial charge in [0.05, 0.1) is 6.26 Å². The highest BCUT2D eigenvalue weighted by molar-refractivity contribution is 7.88. The summed E-state index contributed by atoms with van der Waals surface area (Å²) in [4.78, 5) is 13.8. The predicted molar refractivity (Wildman–Crippen MR) is 78.3 cm³/mol. The van der Waals surface area contributed by atoms with Gasteiger partial charge >= 0.3 is 0 Å². The van der Waals surface area contributed by atoms with E-state index < -0.39 is 33.2 Å². The number of phenolic OH excluding ortho intramolecular Hbond substituents is 3. The molecule has 0 unspecified atom stereocenters. The lowest BCUT2D eigenvalue weighted by atomic mass is 10.0. The summed E-state index contributed by atoms with van der Waals surface area (Å²) >= 11 is 0. The van der Waals surface area contributed by atoms with Crippen LogP contribution < -0.4 is 4.72 Å². The molecule has 0 radical (unpaired) electrons. The molecule has 0 bridgehead atoms. The van der Waals surface area contributed by atoms with Crippen molar-refractivity contribution in [3.05, 3.63) is 17.7 Å². The molecule has 122 valence electrons. The number of carbonyl (C=O) groups is 1. The molecule has 4 N–H and O–H groups in total. The van der Waals surface area contributed by atoms with Gasteiger partial charge in [0.25, 0.3) is 5.91 Å². The van der Waals surface area contributed by atoms with E-state index in [0.717, 1.165) is 18.4 Å². The minimum atomic E-state index is -3.28. The number of carbonyl (C=O) groups excluding carboxylic acids is 1. The van der Waals surface area contributed by atoms with Gasteiger partial charge in [0.15, 0.2) is 17.2 Å². The number of aromatic hydroxyl groups is 3. The first-order valence-electron chi connectivity index (χ1n) is 6.69. The fraction of sp³-hybridized carbons (Fsp3) is 0.462. The van der Waals surface area contributed by atoms with E-state index in [4.69, 9.17) is 0 Å². The molecule has 1 fully saturated rings. The minimum Gasteiger partial charge on any atom is -0.504 e. The molecule has 8 nitrogen and oxygen atoms in total. The fourth-order valence-electron chi connectivity index (χ4n) is 2.41. The van der Waals surface area contributed by atoms with Crippen molar-refractivity contribution in [3.63, 3.8) is 0 Å². The van der Waals surface area contributed by atoms with Crippen molar-refractivity contribution in [3.8, 4) is 17.2 Å². The minimum absolute atomic E-state index is 0.0577. The number of piperidine rings is 1. The van der Waals surface area contributed by atoms with E-state index in [-0.39, 0.29) is 11.6 Å². The molecule has 1 aromatic rings. The van der Waals surface area contributed by atoms with Gasteiger partial charge < -0.3 is 20.2 Å². The number of hydrogen-bond donors (Lipinski definition) is 4. The van der Waals surface area contributed by atoms with Crippen LogP contribution in [0, 0.1) is 0 Å². The van der Waals surface area contributed by atoms with Crippen LogP contribution in [0.15, 0.2) is 12.1 Å². The molecule has 9 heteroatoms. The lowest BCUT2D eigenvalue weighted by Gasteiger charge is -2.32. The van der Waals surface area contributed by atoms with Gasteiger partial charge in [-0.1, -0.05) is 0 Å². The number of nitrogens with one attached hydrogen (secondary N) is 1. The maximum Gasteiger partial charge on any atom is 0.254 e. The second-order valence-corrected chi connectivity index (χ2v) is 7.10. The van der Waals surface area contributed by atoms with Crippen LogP contribution in [-0.2, 0) is 10.0 Å². The zero-order chi connectivity index (χ0) is 16.5. The van der Waals surface area contributed by atoms with Crippen molar-refractivity contribution in [1.82, 2.24) is 9.62 Å². The summed E-state index contributed by atoms with van der Waals surface area (Å²) in [6, 6.07) is 1.96. The first kappa shape index (κ1) is 16.4. The Morgan fingerprint density at radius 1 is 1.18 bits per heavy atom. The molecule has 0 aliphatic carbocycles. The summed E-state index contributed by atoms with van der Waals surface area (Å²) in [5.74, 6) is -2.22. The van der Waals surface area contributed by atoms with Crippen molar-refractivity contribution >= 4 is 15.9 Å². The quantitative estimate of drug-likeness (QED) is 0.576. The summed E-state index contributed by atoms with van der Waals surface area (Å²) in [6.45, 7) is 0.711. The van der Waals surface area contributed by atoms with Gasteiger partial charge in [-0.25, -0.2) is 13.1 Å². The summed E-state index contributed by atoms with van der Waals surface area (Å²) in [5.41, 5.74) is 0.0577. The SMILES string of the molecule is CS(=O)(=O)NC1CCN(C(=O)c2cc(O)c(O)c(O)c2)CC1. The Balaban J connectivity index is 2.04. The number of sulfonamides is 1. The maximum absolute atomic E-state index is 12.3. The zero-order valence-corrected chi connectivity index (χ0v) is 12.8. The Labute approximate surface area is 128 Å². The lowest BCUT2D eigenvalue weighted by molar-refractivity contribution is 0.0710. The first-order chi connectivity index (χ1) is 10.2.